The fourth-order valence-corrected chi connectivity index (χ4v) is 3.51. The number of hydrogen-bond acceptors (Lipinski definition) is 1. The first kappa shape index (κ1) is 18.0. The maximum atomic E-state index is 13.4. The van der Waals surface area contributed by atoms with Gasteiger partial charge < -0.3 is 10.7 Å². The first-order chi connectivity index (χ1) is 11.9. The Morgan fingerprint density at radius 1 is 1.04 bits per heavy atom. The Labute approximate surface area is 152 Å². The zero-order valence-electron chi connectivity index (χ0n) is 13.5. The highest BCUT2D eigenvalue weighted by Gasteiger charge is 2.33. The van der Waals surface area contributed by atoms with Gasteiger partial charge in [-0.3, -0.25) is 0 Å². The van der Waals surface area contributed by atoms with Crippen LogP contribution in [-0.2, 0) is 12.6 Å². The quantitative estimate of drug-likeness (QED) is 0.505. The van der Waals surface area contributed by atoms with Gasteiger partial charge in [0.1, 0.15) is 0 Å². The molecule has 0 saturated carbocycles. The number of benzene rings is 2. The number of H-pyrrole nitrogens is 1. The molecule has 6 heteroatoms. The monoisotopic (exact) mass is 410 g/mol. The Morgan fingerprint density at radius 2 is 1.80 bits per heavy atom. The first-order valence-electron chi connectivity index (χ1n) is 8.08. The Kier molecular flexibility index (Phi) is 5.20. The van der Waals surface area contributed by atoms with Crippen molar-refractivity contribution in [2.24, 2.45) is 5.73 Å². The van der Waals surface area contributed by atoms with Gasteiger partial charge in [0.05, 0.1) is 11.1 Å². The summed E-state index contributed by atoms with van der Waals surface area (Å²) in [6.45, 7) is 0.572. The van der Waals surface area contributed by atoms with Gasteiger partial charge in [0.2, 0.25) is 0 Å². The Bertz CT molecular complexity index is 884. The van der Waals surface area contributed by atoms with Crippen molar-refractivity contribution in [3.63, 3.8) is 0 Å². The zero-order valence-corrected chi connectivity index (χ0v) is 15.0. The fourth-order valence-electron chi connectivity index (χ4n) is 3.11. The summed E-state index contributed by atoms with van der Waals surface area (Å²) in [6.07, 6.45) is -2.04. The predicted octanol–water partition coefficient (Wildman–Crippen LogP) is 5.90. The average Bonchev–Trinajstić information content (AvgIpc) is 2.93. The molecule has 3 N–H and O–H groups in total. The Morgan fingerprint density at radius 3 is 2.48 bits per heavy atom. The SMILES string of the molecule is NCCCCc1c(-c2cccc(Br)c2)[nH]c2c(C(F)(F)F)cccc12. The van der Waals surface area contributed by atoms with Crippen molar-refractivity contribution in [2.75, 3.05) is 6.54 Å². The van der Waals surface area contributed by atoms with Gasteiger partial charge in [-0.05, 0) is 55.1 Å². The van der Waals surface area contributed by atoms with E-state index >= 15 is 0 Å². The first-order valence-corrected chi connectivity index (χ1v) is 8.88. The van der Waals surface area contributed by atoms with Crippen LogP contribution in [0.15, 0.2) is 46.9 Å². The largest absolute Gasteiger partial charge is 0.418 e. The standard InChI is InChI=1S/C19H18BrF3N2/c20-13-6-3-5-12(11-13)17-14(7-1-2-10-24)15-8-4-9-16(18(15)25-17)19(21,22)23/h3-6,8-9,11,25H,1-2,7,10,24H2. The zero-order chi connectivity index (χ0) is 18.0. The van der Waals surface area contributed by atoms with Crippen molar-refractivity contribution in [3.8, 4) is 11.3 Å². The number of hydrogen-bond donors (Lipinski definition) is 2. The van der Waals surface area contributed by atoms with Crippen LogP contribution in [0.4, 0.5) is 13.2 Å². The van der Waals surface area contributed by atoms with Crippen molar-refractivity contribution < 1.29 is 13.2 Å². The number of alkyl halides is 3. The number of nitrogens with one attached hydrogen (secondary N) is 1. The van der Waals surface area contributed by atoms with Crippen molar-refractivity contribution in [1.29, 1.82) is 0 Å². The lowest BCUT2D eigenvalue weighted by Gasteiger charge is -2.07. The van der Waals surface area contributed by atoms with Crippen LogP contribution < -0.4 is 5.73 Å². The lowest BCUT2D eigenvalue weighted by Crippen LogP contribution is -2.05. The van der Waals surface area contributed by atoms with Crippen LogP contribution in [0.1, 0.15) is 24.0 Å². The molecule has 0 aliphatic carbocycles. The number of nitrogens with two attached hydrogens (primary N) is 1. The molecule has 2 aromatic carbocycles. The summed E-state index contributed by atoms with van der Waals surface area (Å²) >= 11 is 3.43. The molecule has 0 spiro atoms. The van der Waals surface area contributed by atoms with E-state index in [2.05, 4.69) is 20.9 Å². The number of fused-ring (bicyclic) bond motifs is 1. The number of aromatic amines is 1. The average molecular weight is 411 g/mol. The van der Waals surface area contributed by atoms with E-state index in [1.54, 1.807) is 6.07 Å². The van der Waals surface area contributed by atoms with E-state index in [1.165, 1.54) is 6.07 Å². The van der Waals surface area contributed by atoms with Gasteiger partial charge in [-0.25, -0.2) is 0 Å². The lowest BCUT2D eigenvalue weighted by atomic mass is 9.99. The second-order valence-corrected chi connectivity index (χ2v) is 6.88. The van der Waals surface area contributed by atoms with Crippen LogP contribution in [0.25, 0.3) is 22.2 Å². The summed E-state index contributed by atoms with van der Waals surface area (Å²) < 4.78 is 41.0. The van der Waals surface area contributed by atoms with Gasteiger partial charge in [0.15, 0.2) is 0 Å². The van der Waals surface area contributed by atoms with Crippen LogP contribution in [0.3, 0.4) is 0 Å². The molecule has 0 unspecified atom stereocenters. The van der Waals surface area contributed by atoms with E-state index in [9.17, 15) is 13.2 Å². The minimum absolute atomic E-state index is 0.146. The van der Waals surface area contributed by atoms with Crippen LogP contribution in [0.5, 0.6) is 0 Å². The van der Waals surface area contributed by atoms with Crippen molar-refractivity contribution in [3.05, 3.63) is 58.1 Å². The second kappa shape index (κ2) is 7.22. The second-order valence-electron chi connectivity index (χ2n) is 5.96. The number of para-hydroxylation sites is 1. The van der Waals surface area contributed by atoms with E-state index < -0.39 is 11.7 Å². The maximum absolute atomic E-state index is 13.4. The van der Waals surface area contributed by atoms with Gasteiger partial charge in [0.25, 0.3) is 0 Å². The molecule has 3 rings (SSSR count). The highest BCUT2D eigenvalue weighted by atomic mass is 79.9. The molecule has 25 heavy (non-hydrogen) atoms. The van der Waals surface area contributed by atoms with Crippen LogP contribution in [-0.4, -0.2) is 11.5 Å². The van der Waals surface area contributed by atoms with Crippen LogP contribution >= 0.6 is 15.9 Å². The van der Waals surface area contributed by atoms with Gasteiger partial charge in [-0.15, -0.1) is 0 Å². The van der Waals surface area contributed by atoms with Crippen molar-refractivity contribution in [1.82, 2.24) is 4.98 Å². The Hall–Kier alpha value is -1.79. The summed E-state index contributed by atoms with van der Waals surface area (Å²) in [6, 6.07) is 11.9. The number of aromatic nitrogens is 1. The minimum atomic E-state index is -4.40. The molecule has 0 radical (unpaired) electrons. The molecular weight excluding hydrogens is 393 g/mol. The van der Waals surface area contributed by atoms with Crippen molar-refractivity contribution >= 4 is 26.8 Å². The number of halogens is 4. The molecule has 132 valence electrons. The van der Waals surface area contributed by atoms with E-state index in [0.29, 0.717) is 18.4 Å². The van der Waals surface area contributed by atoms with E-state index in [1.807, 2.05) is 24.3 Å². The third kappa shape index (κ3) is 3.75. The van der Waals surface area contributed by atoms with Crippen LogP contribution in [0.2, 0.25) is 0 Å². The number of aryl methyl sites for hydroxylation is 1. The molecule has 0 atom stereocenters. The molecule has 0 saturated heterocycles. The summed E-state index contributed by atoms with van der Waals surface area (Å²) in [4.78, 5) is 3.04. The maximum Gasteiger partial charge on any atom is 0.418 e. The highest BCUT2D eigenvalue weighted by Crippen LogP contribution is 2.39. The number of rotatable bonds is 5. The third-order valence-electron chi connectivity index (χ3n) is 4.24. The van der Waals surface area contributed by atoms with Gasteiger partial charge in [-0.2, -0.15) is 13.2 Å². The van der Waals surface area contributed by atoms with E-state index in [-0.39, 0.29) is 5.52 Å². The van der Waals surface area contributed by atoms with Crippen molar-refractivity contribution in [2.45, 2.75) is 25.4 Å². The Balaban J connectivity index is 2.22. The molecule has 3 aromatic rings. The predicted molar refractivity (Wildman–Crippen MR) is 98.4 cm³/mol. The summed E-state index contributed by atoms with van der Waals surface area (Å²) in [5.41, 5.74) is 7.59. The lowest BCUT2D eigenvalue weighted by molar-refractivity contribution is -0.136. The third-order valence-corrected chi connectivity index (χ3v) is 4.73. The summed E-state index contributed by atoms with van der Waals surface area (Å²) in [5, 5.41) is 0.627. The summed E-state index contributed by atoms with van der Waals surface area (Å²) in [5.74, 6) is 0. The molecule has 2 nitrogen and oxygen atoms in total. The van der Waals surface area contributed by atoms with Gasteiger partial charge >= 0.3 is 6.18 Å². The van der Waals surface area contributed by atoms with Crippen LogP contribution in [0, 0.1) is 0 Å². The fraction of sp³-hybridized carbons (Fsp3) is 0.263. The molecule has 1 aromatic heterocycles. The molecule has 1 heterocycles. The molecule has 0 amide bonds. The molecule has 0 bridgehead atoms. The summed E-state index contributed by atoms with van der Waals surface area (Å²) in [7, 11) is 0. The molecule has 0 fully saturated rings. The van der Waals surface area contributed by atoms with E-state index in [4.69, 9.17) is 5.73 Å². The molecular formula is C19H18BrF3N2. The normalized spacial score (nSPS) is 12.0. The van der Waals surface area contributed by atoms with Gasteiger partial charge in [0, 0.05) is 15.6 Å². The highest BCUT2D eigenvalue weighted by molar-refractivity contribution is 9.10. The smallest absolute Gasteiger partial charge is 0.354 e. The van der Waals surface area contributed by atoms with Gasteiger partial charge in [-0.1, -0.05) is 40.2 Å². The molecule has 0 aliphatic rings. The topological polar surface area (TPSA) is 41.8 Å². The molecule has 0 aliphatic heterocycles. The van der Waals surface area contributed by atoms with E-state index in [0.717, 1.165) is 40.2 Å². The number of unbranched alkanes of at least 4 members (excludes halogenated alkanes) is 1. The minimum Gasteiger partial charge on any atom is -0.354 e.